The molecule has 11 nitrogen and oxygen atoms in total. The van der Waals surface area contributed by atoms with Gasteiger partial charge >= 0.3 is 0 Å². The number of hydrogen-bond acceptors (Lipinski definition) is 8. The fourth-order valence-electron chi connectivity index (χ4n) is 4.16. The lowest BCUT2D eigenvalue weighted by molar-refractivity contribution is -0.115. The van der Waals surface area contributed by atoms with E-state index in [-0.39, 0.29) is 12.3 Å². The van der Waals surface area contributed by atoms with Crippen molar-refractivity contribution in [3.63, 3.8) is 0 Å². The number of nitrogens with zero attached hydrogens (tertiary/aromatic N) is 6. The third-order valence-electron chi connectivity index (χ3n) is 5.96. The Labute approximate surface area is 206 Å². The van der Waals surface area contributed by atoms with Gasteiger partial charge in [-0.3, -0.25) is 14.9 Å². The number of carbonyl (C=O) groups is 1. The van der Waals surface area contributed by atoms with Gasteiger partial charge in [-0.15, -0.1) is 0 Å². The second-order valence-corrected chi connectivity index (χ2v) is 8.40. The Morgan fingerprint density at radius 1 is 1.08 bits per heavy atom. The molecule has 36 heavy (non-hydrogen) atoms. The molecule has 1 aliphatic rings. The summed E-state index contributed by atoms with van der Waals surface area (Å²) in [6.45, 7) is 2.88. The number of pyridine rings is 1. The Balaban J connectivity index is 1.14. The maximum Gasteiger partial charge on any atom is 0.230 e. The van der Waals surface area contributed by atoms with E-state index in [0.29, 0.717) is 30.4 Å². The molecule has 1 saturated heterocycles. The fourth-order valence-corrected chi connectivity index (χ4v) is 4.16. The van der Waals surface area contributed by atoms with E-state index in [1.807, 2.05) is 42.5 Å². The van der Waals surface area contributed by atoms with Crippen LogP contribution in [0, 0.1) is 0 Å². The average Bonchev–Trinajstić information content (AvgIpc) is 3.57. The normalized spacial score (nSPS) is 13.7. The van der Waals surface area contributed by atoms with Gasteiger partial charge in [0, 0.05) is 48.0 Å². The van der Waals surface area contributed by atoms with Crippen molar-refractivity contribution in [2.24, 2.45) is 0 Å². The number of hydrogen-bond donors (Lipinski definition) is 3. The Morgan fingerprint density at radius 2 is 1.94 bits per heavy atom. The van der Waals surface area contributed by atoms with Crippen molar-refractivity contribution in [2.45, 2.75) is 6.42 Å². The number of ether oxygens (including phenoxy) is 1. The highest BCUT2D eigenvalue weighted by Crippen LogP contribution is 2.26. The molecule has 4 aromatic heterocycles. The van der Waals surface area contributed by atoms with Crippen molar-refractivity contribution in [2.75, 3.05) is 36.5 Å². The Hall–Kier alpha value is -4.64. The summed E-state index contributed by atoms with van der Waals surface area (Å²) in [4.78, 5) is 35.7. The molecule has 0 aliphatic carbocycles. The third kappa shape index (κ3) is 4.51. The number of rotatable bonds is 6. The van der Waals surface area contributed by atoms with Gasteiger partial charge in [0.2, 0.25) is 5.91 Å². The Bertz CT molecular complexity index is 1490. The minimum absolute atomic E-state index is 0.140. The van der Waals surface area contributed by atoms with Gasteiger partial charge < -0.3 is 19.9 Å². The smallest absolute Gasteiger partial charge is 0.230 e. The third-order valence-corrected chi connectivity index (χ3v) is 5.96. The van der Waals surface area contributed by atoms with Crippen molar-refractivity contribution in [3.8, 4) is 22.6 Å². The summed E-state index contributed by atoms with van der Waals surface area (Å²) in [5.41, 5.74) is 5.37. The van der Waals surface area contributed by atoms with E-state index in [2.05, 4.69) is 40.3 Å². The number of aromatic nitrogens is 7. The van der Waals surface area contributed by atoms with Gasteiger partial charge in [0.15, 0.2) is 17.0 Å². The molecule has 1 fully saturated rings. The monoisotopic (exact) mass is 481 g/mol. The lowest BCUT2D eigenvalue weighted by atomic mass is 10.1. The van der Waals surface area contributed by atoms with Crippen LogP contribution in [-0.4, -0.2) is 67.3 Å². The molecule has 5 aromatic rings. The van der Waals surface area contributed by atoms with E-state index in [9.17, 15) is 4.79 Å². The predicted molar refractivity (Wildman–Crippen MR) is 134 cm³/mol. The number of anilines is 2. The van der Waals surface area contributed by atoms with Gasteiger partial charge in [-0.25, -0.2) is 15.0 Å². The second kappa shape index (κ2) is 9.55. The highest BCUT2D eigenvalue weighted by molar-refractivity contribution is 5.92. The molecule has 1 amide bonds. The predicted octanol–water partition coefficient (Wildman–Crippen LogP) is 2.82. The quantitative estimate of drug-likeness (QED) is 0.337. The van der Waals surface area contributed by atoms with Crippen LogP contribution >= 0.6 is 0 Å². The lowest BCUT2D eigenvalue weighted by Gasteiger charge is -2.27. The zero-order chi connectivity index (χ0) is 24.3. The van der Waals surface area contributed by atoms with E-state index in [0.717, 1.165) is 46.9 Å². The molecule has 3 N–H and O–H groups in total. The van der Waals surface area contributed by atoms with Crippen molar-refractivity contribution in [3.05, 3.63) is 66.9 Å². The zero-order valence-corrected chi connectivity index (χ0v) is 19.3. The van der Waals surface area contributed by atoms with E-state index in [1.165, 1.54) is 0 Å². The lowest BCUT2D eigenvalue weighted by Crippen LogP contribution is -2.36. The minimum Gasteiger partial charge on any atom is -0.378 e. The number of aromatic amines is 2. The first-order valence-electron chi connectivity index (χ1n) is 11.6. The molecule has 11 heteroatoms. The first kappa shape index (κ1) is 21.9. The summed E-state index contributed by atoms with van der Waals surface area (Å²) in [7, 11) is 0. The van der Waals surface area contributed by atoms with Gasteiger partial charge in [0.05, 0.1) is 25.3 Å². The van der Waals surface area contributed by atoms with Crippen LogP contribution in [0.5, 0.6) is 0 Å². The largest absolute Gasteiger partial charge is 0.378 e. The topological polar surface area (TPSA) is 138 Å². The molecule has 0 radical (unpaired) electrons. The summed E-state index contributed by atoms with van der Waals surface area (Å²) in [6.07, 6.45) is 5.18. The number of benzene rings is 1. The number of morpholine rings is 1. The molecule has 1 aliphatic heterocycles. The van der Waals surface area contributed by atoms with Gasteiger partial charge in [0.1, 0.15) is 12.2 Å². The highest BCUT2D eigenvalue weighted by atomic mass is 16.5. The number of fused-ring (bicyclic) bond motifs is 1. The van der Waals surface area contributed by atoms with Crippen LogP contribution in [0.1, 0.15) is 5.69 Å². The SMILES string of the molecule is O=C(Cc1cc(-c2cccnc2)n[nH]1)Nc1ccc(-c2nc3c(N4CCOCC4)ncnc3[nH]2)cc1. The Morgan fingerprint density at radius 3 is 2.75 bits per heavy atom. The number of H-pyrrole nitrogens is 2. The van der Waals surface area contributed by atoms with Crippen molar-refractivity contribution >= 4 is 28.6 Å². The minimum atomic E-state index is -0.140. The van der Waals surface area contributed by atoms with Crippen molar-refractivity contribution in [1.82, 2.24) is 35.1 Å². The molecular weight excluding hydrogens is 458 g/mol. The second-order valence-electron chi connectivity index (χ2n) is 8.40. The standard InChI is InChI=1S/C25H23N9O2/c35-21(13-19-12-20(33-32-19)17-2-1-7-26-14-17)29-18-5-3-16(4-6-18)23-30-22-24(31-23)27-15-28-25(22)34-8-10-36-11-9-34/h1-7,12,14-15H,8-11,13H2,(H,29,35)(H,32,33)(H,27,28,30,31). The summed E-state index contributed by atoms with van der Waals surface area (Å²) in [5, 5.41) is 10.1. The average molecular weight is 482 g/mol. The van der Waals surface area contributed by atoms with Crippen LogP contribution < -0.4 is 10.2 Å². The highest BCUT2D eigenvalue weighted by Gasteiger charge is 2.19. The zero-order valence-electron chi connectivity index (χ0n) is 19.3. The maximum absolute atomic E-state index is 12.6. The van der Waals surface area contributed by atoms with E-state index in [1.54, 1.807) is 18.7 Å². The van der Waals surface area contributed by atoms with Gasteiger partial charge in [-0.1, -0.05) is 0 Å². The molecule has 0 atom stereocenters. The fraction of sp³-hybridized carbons (Fsp3) is 0.200. The molecule has 0 saturated carbocycles. The molecule has 0 unspecified atom stereocenters. The van der Waals surface area contributed by atoms with Crippen LogP contribution in [0.15, 0.2) is 61.2 Å². The Kier molecular flexibility index (Phi) is 5.80. The first-order chi connectivity index (χ1) is 17.7. The maximum atomic E-state index is 12.6. The van der Waals surface area contributed by atoms with Crippen molar-refractivity contribution in [1.29, 1.82) is 0 Å². The molecule has 0 bridgehead atoms. The van der Waals surface area contributed by atoms with Crippen LogP contribution in [0.4, 0.5) is 11.5 Å². The summed E-state index contributed by atoms with van der Waals surface area (Å²) < 4.78 is 5.45. The molecule has 5 heterocycles. The van der Waals surface area contributed by atoms with Crippen LogP contribution in [0.2, 0.25) is 0 Å². The number of amides is 1. The summed E-state index contributed by atoms with van der Waals surface area (Å²) >= 11 is 0. The van der Waals surface area contributed by atoms with E-state index < -0.39 is 0 Å². The van der Waals surface area contributed by atoms with Crippen LogP contribution in [0.3, 0.4) is 0 Å². The molecular formula is C25H23N9O2. The first-order valence-corrected chi connectivity index (χ1v) is 11.6. The molecule has 6 rings (SSSR count). The van der Waals surface area contributed by atoms with Crippen LogP contribution in [-0.2, 0) is 16.0 Å². The van der Waals surface area contributed by atoms with Gasteiger partial charge in [0.25, 0.3) is 0 Å². The number of nitrogens with one attached hydrogen (secondary N) is 3. The van der Waals surface area contributed by atoms with Gasteiger partial charge in [-0.2, -0.15) is 5.10 Å². The van der Waals surface area contributed by atoms with E-state index >= 15 is 0 Å². The summed E-state index contributed by atoms with van der Waals surface area (Å²) in [6, 6.07) is 13.1. The van der Waals surface area contributed by atoms with Crippen LogP contribution in [0.25, 0.3) is 33.8 Å². The number of imidazole rings is 1. The molecule has 180 valence electrons. The molecule has 1 aromatic carbocycles. The van der Waals surface area contributed by atoms with Gasteiger partial charge in [-0.05, 0) is 42.5 Å². The molecule has 0 spiro atoms. The summed E-state index contributed by atoms with van der Waals surface area (Å²) in [5.74, 6) is 1.36. The van der Waals surface area contributed by atoms with E-state index in [4.69, 9.17) is 9.72 Å². The van der Waals surface area contributed by atoms with Crippen molar-refractivity contribution < 1.29 is 9.53 Å². The number of carbonyl (C=O) groups excluding carboxylic acids is 1.